The van der Waals surface area contributed by atoms with Crippen LogP contribution in [0, 0.1) is 13.8 Å². The van der Waals surface area contributed by atoms with E-state index in [9.17, 15) is 4.79 Å². The Morgan fingerprint density at radius 1 is 1.09 bits per heavy atom. The van der Waals surface area contributed by atoms with Crippen LogP contribution >= 0.6 is 0 Å². The van der Waals surface area contributed by atoms with Crippen molar-refractivity contribution < 1.29 is 9.53 Å². The van der Waals surface area contributed by atoms with E-state index in [-0.39, 0.29) is 5.97 Å². The topological polar surface area (TPSA) is 31.2 Å². The number of ether oxygens (including phenoxy) is 1. The average molecular weight is 307 g/mol. The van der Waals surface area contributed by atoms with Gasteiger partial charge in [0.05, 0.1) is 12.2 Å². The molecule has 0 N–H and O–H groups in total. The van der Waals surface area contributed by atoms with Gasteiger partial charge in [0.1, 0.15) is 0 Å². The highest BCUT2D eigenvalue weighted by Gasteiger charge is 2.14. The number of benzene rings is 2. The van der Waals surface area contributed by atoms with E-state index in [4.69, 9.17) is 4.74 Å². The van der Waals surface area contributed by atoms with Gasteiger partial charge in [0.15, 0.2) is 0 Å². The summed E-state index contributed by atoms with van der Waals surface area (Å²) in [5, 5.41) is 1.19. The Kier molecular flexibility index (Phi) is 4.20. The van der Waals surface area contributed by atoms with Gasteiger partial charge in [-0.3, -0.25) is 0 Å². The molecule has 3 heteroatoms. The number of rotatable bonds is 4. The summed E-state index contributed by atoms with van der Waals surface area (Å²) >= 11 is 0. The first-order chi connectivity index (χ1) is 11.1. The van der Waals surface area contributed by atoms with E-state index in [1.807, 2.05) is 43.3 Å². The van der Waals surface area contributed by atoms with Crippen LogP contribution in [0.5, 0.6) is 0 Å². The fraction of sp³-hybridized carbons (Fsp3) is 0.250. The van der Waals surface area contributed by atoms with Crippen molar-refractivity contribution in [1.82, 2.24) is 4.57 Å². The van der Waals surface area contributed by atoms with Gasteiger partial charge in [0.2, 0.25) is 0 Å². The van der Waals surface area contributed by atoms with Gasteiger partial charge in [-0.15, -0.1) is 0 Å². The number of hydrogen-bond donors (Lipinski definition) is 0. The van der Waals surface area contributed by atoms with E-state index in [2.05, 4.69) is 30.5 Å². The molecule has 3 nitrogen and oxygen atoms in total. The molecule has 3 aromatic rings. The number of fused-ring (bicyclic) bond motifs is 1. The van der Waals surface area contributed by atoms with Crippen LogP contribution in [0.2, 0.25) is 0 Å². The molecule has 0 radical (unpaired) electrons. The van der Waals surface area contributed by atoms with Gasteiger partial charge in [-0.2, -0.15) is 0 Å². The lowest BCUT2D eigenvalue weighted by Gasteiger charge is -2.09. The van der Waals surface area contributed by atoms with Gasteiger partial charge in [-0.25, -0.2) is 4.79 Å². The third-order valence-electron chi connectivity index (χ3n) is 4.33. The first-order valence-corrected chi connectivity index (χ1v) is 7.92. The molecule has 0 spiro atoms. The monoisotopic (exact) mass is 307 g/mol. The second-order valence-electron chi connectivity index (χ2n) is 5.73. The molecule has 0 amide bonds. The van der Waals surface area contributed by atoms with Crippen molar-refractivity contribution in [3.05, 3.63) is 70.9 Å². The molecule has 1 heterocycles. The van der Waals surface area contributed by atoms with E-state index >= 15 is 0 Å². The quantitative estimate of drug-likeness (QED) is 0.665. The Bertz CT molecular complexity index is 847. The van der Waals surface area contributed by atoms with Crippen LogP contribution < -0.4 is 0 Å². The summed E-state index contributed by atoms with van der Waals surface area (Å²) in [7, 11) is 0. The predicted octanol–water partition coefficient (Wildman–Crippen LogP) is 4.48. The van der Waals surface area contributed by atoms with Crippen LogP contribution in [0.4, 0.5) is 0 Å². The van der Waals surface area contributed by atoms with Gasteiger partial charge in [-0.1, -0.05) is 36.4 Å². The van der Waals surface area contributed by atoms with Crippen LogP contribution in [0.25, 0.3) is 10.9 Å². The van der Waals surface area contributed by atoms with Crippen LogP contribution in [-0.4, -0.2) is 17.1 Å². The summed E-state index contributed by atoms with van der Waals surface area (Å²) in [4.78, 5) is 12.0. The number of nitrogens with zero attached hydrogens (tertiary/aromatic N) is 1. The number of aromatic nitrogens is 1. The molecule has 118 valence electrons. The smallest absolute Gasteiger partial charge is 0.338 e. The molecule has 23 heavy (non-hydrogen) atoms. The summed E-state index contributed by atoms with van der Waals surface area (Å²) in [6.07, 6.45) is 0. The molecule has 0 fully saturated rings. The maximum absolute atomic E-state index is 12.0. The largest absolute Gasteiger partial charge is 0.462 e. The lowest BCUT2D eigenvalue weighted by atomic mass is 10.1. The van der Waals surface area contributed by atoms with Gasteiger partial charge in [-0.05, 0) is 44.0 Å². The van der Waals surface area contributed by atoms with Crippen LogP contribution in [0.1, 0.15) is 34.1 Å². The molecule has 0 aliphatic carbocycles. The number of carbonyl (C=O) groups excluding carboxylic acids is 1. The minimum atomic E-state index is -0.267. The highest BCUT2D eigenvalue weighted by molar-refractivity contribution is 5.96. The molecule has 0 saturated carbocycles. The predicted molar refractivity (Wildman–Crippen MR) is 92.9 cm³/mol. The van der Waals surface area contributed by atoms with Crippen molar-refractivity contribution in [3.8, 4) is 0 Å². The third kappa shape index (κ3) is 2.87. The minimum Gasteiger partial charge on any atom is -0.462 e. The Balaban J connectivity index is 2.10. The molecule has 0 unspecified atom stereocenters. The van der Waals surface area contributed by atoms with Crippen molar-refractivity contribution in [2.24, 2.45) is 0 Å². The lowest BCUT2D eigenvalue weighted by molar-refractivity contribution is 0.0526. The number of hydrogen-bond acceptors (Lipinski definition) is 2. The first-order valence-electron chi connectivity index (χ1n) is 7.92. The standard InChI is InChI=1S/C20H21NO2/c1-4-23-20(22)17-10-11-18-14(2)15(3)21(19(18)12-17)13-16-8-6-5-7-9-16/h5-12H,4,13H2,1-3H3. The molecule has 0 aliphatic heterocycles. The van der Waals surface area contributed by atoms with Crippen molar-refractivity contribution in [3.63, 3.8) is 0 Å². The fourth-order valence-corrected chi connectivity index (χ4v) is 2.96. The Morgan fingerprint density at radius 2 is 1.83 bits per heavy atom. The lowest BCUT2D eigenvalue weighted by Crippen LogP contribution is -2.06. The maximum Gasteiger partial charge on any atom is 0.338 e. The summed E-state index contributed by atoms with van der Waals surface area (Å²) in [5.74, 6) is -0.267. The Morgan fingerprint density at radius 3 is 2.52 bits per heavy atom. The molecule has 0 atom stereocenters. The molecule has 3 rings (SSSR count). The van der Waals surface area contributed by atoms with Crippen molar-refractivity contribution in [1.29, 1.82) is 0 Å². The third-order valence-corrected chi connectivity index (χ3v) is 4.33. The van der Waals surface area contributed by atoms with Crippen LogP contribution in [0.15, 0.2) is 48.5 Å². The highest BCUT2D eigenvalue weighted by atomic mass is 16.5. The second-order valence-corrected chi connectivity index (χ2v) is 5.73. The van der Waals surface area contributed by atoms with E-state index in [0.717, 1.165) is 12.1 Å². The average Bonchev–Trinajstić information content (AvgIpc) is 2.81. The van der Waals surface area contributed by atoms with Crippen LogP contribution in [0.3, 0.4) is 0 Å². The van der Waals surface area contributed by atoms with E-state index in [1.165, 1.54) is 22.2 Å². The molecule has 0 aliphatic rings. The van der Waals surface area contributed by atoms with Gasteiger partial charge in [0, 0.05) is 23.1 Å². The summed E-state index contributed by atoms with van der Waals surface area (Å²) in [6.45, 7) is 7.26. The van der Waals surface area contributed by atoms with Crippen molar-refractivity contribution in [2.75, 3.05) is 6.61 Å². The fourth-order valence-electron chi connectivity index (χ4n) is 2.96. The Labute approximate surface area is 136 Å². The molecule has 1 aromatic heterocycles. The number of aryl methyl sites for hydroxylation is 1. The zero-order valence-corrected chi connectivity index (χ0v) is 13.8. The SMILES string of the molecule is CCOC(=O)c1ccc2c(C)c(C)n(Cc3ccccc3)c2c1. The van der Waals surface area contributed by atoms with Crippen molar-refractivity contribution >= 4 is 16.9 Å². The van der Waals surface area contributed by atoms with Crippen molar-refractivity contribution in [2.45, 2.75) is 27.3 Å². The van der Waals surface area contributed by atoms with E-state index < -0.39 is 0 Å². The van der Waals surface area contributed by atoms with Gasteiger partial charge >= 0.3 is 5.97 Å². The molecule has 0 saturated heterocycles. The molecular formula is C20H21NO2. The second kappa shape index (κ2) is 6.29. The van der Waals surface area contributed by atoms with Crippen LogP contribution in [-0.2, 0) is 11.3 Å². The molecule has 0 bridgehead atoms. The number of esters is 1. The maximum atomic E-state index is 12.0. The zero-order chi connectivity index (χ0) is 16.4. The first kappa shape index (κ1) is 15.3. The summed E-state index contributed by atoms with van der Waals surface area (Å²) in [6, 6.07) is 16.2. The zero-order valence-electron chi connectivity index (χ0n) is 13.8. The number of carbonyl (C=O) groups is 1. The highest BCUT2D eigenvalue weighted by Crippen LogP contribution is 2.27. The van der Waals surface area contributed by atoms with Gasteiger partial charge < -0.3 is 9.30 Å². The molecular weight excluding hydrogens is 286 g/mol. The molecule has 2 aromatic carbocycles. The summed E-state index contributed by atoms with van der Waals surface area (Å²) < 4.78 is 7.39. The minimum absolute atomic E-state index is 0.267. The summed E-state index contributed by atoms with van der Waals surface area (Å²) in [5.41, 5.74) is 5.41. The van der Waals surface area contributed by atoms with E-state index in [1.54, 1.807) is 0 Å². The van der Waals surface area contributed by atoms with E-state index in [0.29, 0.717) is 12.2 Å². The normalized spacial score (nSPS) is 10.9. The van der Waals surface area contributed by atoms with Gasteiger partial charge in [0.25, 0.3) is 0 Å². The Hall–Kier alpha value is -2.55.